The van der Waals surface area contributed by atoms with Gasteiger partial charge in [0, 0.05) is 24.5 Å². The van der Waals surface area contributed by atoms with E-state index in [4.69, 9.17) is 11.6 Å². The molecule has 0 aliphatic rings. The van der Waals surface area contributed by atoms with Gasteiger partial charge in [-0.1, -0.05) is 24.6 Å². The van der Waals surface area contributed by atoms with Crippen LogP contribution in [0, 0.1) is 6.92 Å². The summed E-state index contributed by atoms with van der Waals surface area (Å²) in [4.78, 5) is 11.6. The van der Waals surface area contributed by atoms with Crippen molar-refractivity contribution in [2.75, 3.05) is 23.7 Å². The van der Waals surface area contributed by atoms with Gasteiger partial charge in [-0.05, 0) is 37.5 Å². The summed E-state index contributed by atoms with van der Waals surface area (Å²) in [5, 5.41) is 3.26. The molecule has 0 aliphatic carbocycles. The highest BCUT2D eigenvalue weighted by molar-refractivity contribution is 7.92. The third-order valence-corrected chi connectivity index (χ3v) is 4.59. The van der Waals surface area contributed by atoms with E-state index >= 15 is 0 Å². The van der Waals surface area contributed by atoms with Crippen LogP contribution in [0.5, 0.6) is 0 Å². The van der Waals surface area contributed by atoms with Gasteiger partial charge in [0.1, 0.15) is 0 Å². The molecule has 1 rings (SSSR count). The van der Waals surface area contributed by atoms with Crippen molar-refractivity contribution in [1.82, 2.24) is 5.32 Å². The first-order chi connectivity index (χ1) is 10.3. The summed E-state index contributed by atoms with van der Waals surface area (Å²) in [6.45, 7) is 4.70. The van der Waals surface area contributed by atoms with Crippen LogP contribution in [0.15, 0.2) is 18.2 Å². The van der Waals surface area contributed by atoms with E-state index in [-0.39, 0.29) is 12.5 Å². The molecule has 0 heterocycles. The minimum Gasteiger partial charge on any atom is -0.356 e. The van der Waals surface area contributed by atoms with Gasteiger partial charge >= 0.3 is 0 Å². The number of rotatable bonds is 8. The Bertz CT molecular complexity index is 617. The number of halogens is 1. The molecule has 1 aromatic carbocycles. The zero-order valence-corrected chi connectivity index (χ0v) is 14.8. The number of benzene rings is 1. The molecule has 1 N–H and O–H groups in total. The minimum atomic E-state index is -3.43. The predicted molar refractivity (Wildman–Crippen MR) is 90.9 cm³/mol. The fraction of sp³-hybridized carbons (Fsp3) is 0.533. The summed E-state index contributed by atoms with van der Waals surface area (Å²) in [6, 6.07) is 5.14. The molecule has 22 heavy (non-hydrogen) atoms. The summed E-state index contributed by atoms with van der Waals surface area (Å²) in [7, 11) is -3.43. The monoisotopic (exact) mass is 346 g/mol. The molecule has 0 atom stereocenters. The van der Waals surface area contributed by atoms with Gasteiger partial charge in [0.05, 0.1) is 11.9 Å². The molecule has 0 radical (unpaired) electrons. The SMILES string of the molecule is CCCNC(=O)CCCN(c1cc(Cl)ccc1C)S(C)(=O)=O. The first-order valence-electron chi connectivity index (χ1n) is 7.26. The first kappa shape index (κ1) is 18.8. The Kier molecular flexibility index (Phi) is 7.16. The Balaban J connectivity index is 2.79. The molecule has 124 valence electrons. The fourth-order valence-electron chi connectivity index (χ4n) is 2.05. The van der Waals surface area contributed by atoms with Gasteiger partial charge in [-0.3, -0.25) is 9.10 Å². The molecule has 1 aromatic rings. The Morgan fingerprint density at radius 3 is 2.64 bits per heavy atom. The fourth-order valence-corrected chi connectivity index (χ4v) is 3.23. The molecule has 5 nitrogen and oxygen atoms in total. The Morgan fingerprint density at radius 1 is 1.36 bits per heavy atom. The maximum Gasteiger partial charge on any atom is 0.232 e. The van der Waals surface area contributed by atoms with E-state index in [1.807, 2.05) is 13.8 Å². The number of hydrogen-bond donors (Lipinski definition) is 1. The lowest BCUT2D eigenvalue weighted by atomic mass is 10.2. The molecular formula is C15H23ClN2O3S. The maximum absolute atomic E-state index is 12.0. The zero-order valence-electron chi connectivity index (χ0n) is 13.2. The lowest BCUT2D eigenvalue weighted by Gasteiger charge is -2.24. The Labute approximate surface area is 137 Å². The molecule has 0 fully saturated rings. The van der Waals surface area contributed by atoms with Gasteiger partial charge in [-0.2, -0.15) is 0 Å². The van der Waals surface area contributed by atoms with Crippen molar-refractivity contribution in [2.24, 2.45) is 0 Å². The maximum atomic E-state index is 12.0. The molecule has 7 heteroatoms. The zero-order chi connectivity index (χ0) is 16.8. The van der Waals surface area contributed by atoms with Crippen LogP contribution < -0.4 is 9.62 Å². The van der Waals surface area contributed by atoms with Crippen molar-refractivity contribution in [3.8, 4) is 0 Å². The highest BCUT2D eigenvalue weighted by Gasteiger charge is 2.19. The second-order valence-electron chi connectivity index (χ2n) is 5.22. The number of nitrogens with one attached hydrogen (secondary N) is 1. The summed E-state index contributed by atoms with van der Waals surface area (Å²) >= 11 is 5.97. The Hall–Kier alpha value is -1.27. The third kappa shape index (κ3) is 5.85. The van der Waals surface area contributed by atoms with E-state index in [9.17, 15) is 13.2 Å². The molecule has 0 saturated heterocycles. The van der Waals surface area contributed by atoms with Crippen LogP contribution in [-0.4, -0.2) is 33.7 Å². The number of nitrogens with zero attached hydrogens (tertiary/aromatic N) is 1. The number of sulfonamides is 1. The van der Waals surface area contributed by atoms with Crippen LogP contribution in [0.3, 0.4) is 0 Å². The molecule has 0 aliphatic heterocycles. The predicted octanol–water partition coefficient (Wildman–Crippen LogP) is 2.72. The van der Waals surface area contributed by atoms with E-state index in [1.165, 1.54) is 4.31 Å². The van der Waals surface area contributed by atoms with Crippen LogP contribution in [0.2, 0.25) is 5.02 Å². The lowest BCUT2D eigenvalue weighted by molar-refractivity contribution is -0.121. The van der Waals surface area contributed by atoms with E-state index in [0.717, 1.165) is 18.2 Å². The Morgan fingerprint density at radius 2 is 2.05 bits per heavy atom. The van der Waals surface area contributed by atoms with Crippen molar-refractivity contribution >= 4 is 33.2 Å². The minimum absolute atomic E-state index is 0.0573. The van der Waals surface area contributed by atoms with Gasteiger partial charge in [-0.25, -0.2) is 8.42 Å². The van der Waals surface area contributed by atoms with E-state index in [1.54, 1.807) is 18.2 Å². The molecule has 0 bridgehead atoms. The number of carbonyl (C=O) groups is 1. The lowest BCUT2D eigenvalue weighted by Crippen LogP contribution is -2.32. The molecule has 0 saturated carbocycles. The van der Waals surface area contributed by atoms with Crippen LogP contribution in [-0.2, 0) is 14.8 Å². The highest BCUT2D eigenvalue weighted by Crippen LogP contribution is 2.26. The average Bonchev–Trinajstić information content (AvgIpc) is 2.43. The van der Waals surface area contributed by atoms with E-state index in [0.29, 0.717) is 30.1 Å². The van der Waals surface area contributed by atoms with Gasteiger partial charge in [-0.15, -0.1) is 0 Å². The highest BCUT2D eigenvalue weighted by atomic mass is 35.5. The summed E-state index contributed by atoms with van der Waals surface area (Å²) in [5.74, 6) is -0.0573. The number of carbonyl (C=O) groups excluding carboxylic acids is 1. The van der Waals surface area contributed by atoms with Crippen LogP contribution in [0.25, 0.3) is 0 Å². The normalized spacial score (nSPS) is 11.3. The average molecular weight is 347 g/mol. The van der Waals surface area contributed by atoms with Gasteiger partial charge in [0.15, 0.2) is 0 Å². The second kappa shape index (κ2) is 8.39. The number of amides is 1. The van der Waals surface area contributed by atoms with Crippen LogP contribution in [0.4, 0.5) is 5.69 Å². The van der Waals surface area contributed by atoms with Crippen LogP contribution >= 0.6 is 11.6 Å². The third-order valence-electron chi connectivity index (χ3n) is 3.18. The van der Waals surface area contributed by atoms with E-state index < -0.39 is 10.0 Å². The smallest absolute Gasteiger partial charge is 0.232 e. The number of anilines is 1. The standard InChI is InChI=1S/C15H23ClN2O3S/c1-4-9-17-15(19)6-5-10-18(22(3,20)21)14-11-13(16)8-7-12(14)2/h7-8,11H,4-6,9-10H2,1-3H3,(H,17,19). The van der Waals surface area contributed by atoms with Crippen molar-refractivity contribution in [2.45, 2.75) is 33.1 Å². The molecular weight excluding hydrogens is 324 g/mol. The first-order valence-corrected chi connectivity index (χ1v) is 9.49. The van der Waals surface area contributed by atoms with Gasteiger partial charge in [0.25, 0.3) is 0 Å². The topological polar surface area (TPSA) is 66.5 Å². The number of aryl methyl sites for hydroxylation is 1. The largest absolute Gasteiger partial charge is 0.356 e. The molecule has 0 unspecified atom stereocenters. The molecule has 0 aromatic heterocycles. The summed E-state index contributed by atoms with van der Waals surface area (Å²) < 4.78 is 25.4. The van der Waals surface area contributed by atoms with Crippen molar-refractivity contribution in [3.63, 3.8) is 0 Å². The van der Waals surface area contributed by atoms with Gasteiger partial charge < -0.3 is 5.32 Å². The second-order valence-corrected chi connectivity index (χ2v) is 7.56. The summed E-state index contributed by atoms with van der Waals surface area (Å²) in [6.07, 6.45) is 2.79. The van der Waals surface area contributed by atoms with Crippen molar-refractivity contribution in [3.05, 3.63) is 28.8 Å². The van der Waals surface area contributed by atoms with Crippen LogP contribution in [0.1, 0.15) is 31.7 Å². The van der Waals surface area contributed by atoms with Gasteiger partial charge in [0.2, 0.25) is 15.9 Å². The molecule has 1 amide bonds. The van der Waals surface area contributed by atoms with Crippen molar-refractivity contribution < 1.29 is 13.2 Å². The molecule has 0 spiro atoms. The van der Waals surface area contributed by atoms with Crippen molar-refractivity contribution in [1.29, 1.82) is 0 Å². The summed E-state index contributed by atoms with van der Waals surface area (Å²) in [5.41, 5.74) is 1.38. The quantitative estimate of drug-likeness (QED) is 0.787. The number of hydrogen-bond acceptors (Lipinski definition) is 3. The van der Waals surface area contributed by atoms with E-state index in [2.05, 4.69) is 5.32 Å².